The smallest absolute Gasteiger partial charge is 0.253 e. The van der Waals surface area contributed by atoms with Crippen LogP contribution in [0.1, 0.15) is 23.2 Å². The SMILES string of the molecule is O=C(NCCOc1ccc(F)cc1)C1CCCN(C(=O)c2ccc(Cl)cc2)C1. The molecule has 1 atom stereocenters. The predicted octanol–water partition coefficient (Wildman–Crippen LogP) is 3.53. The maximum atomic E-state index is 12.9. The molecular weight excluding hydrogens is 383 g/mol. The van der Waals surface area contributed by atoms with Crippen molar-refractivity contribution in [1.82, 2.24) is 10.2 Å². The van der Waals surface area contributed by atoms with Gasteiger partial charge in [-0.2, -0.15) is 0 Å². The molecule has 5 nitrogen and oxygen atoms in total. The largest absolute Gasteiger partial charge is 0.492 e. The Morgan fingerprint density at radius 2 is 1.86 bits per heavy atom. The molecule has 0 saturated carbocycles. The topological polar surface area (TPSA) is 58.6 Å². The summed E-state index contributed by atoms with van der Waals surface area (Å²) in [6.07, 6.45) is 1.53. The molecule has 1 N–H and O–H groups in total. The lowest BCUT2D eigenvalue weighted by atomic mass is 9.96. The summed E-state index contributed by atoms with van der Waals surface area (Å²) in [5, 5.41) is 3.43. The summed E-state index contributed by atoms with van der Waals surface area (Å²) < 4.78 is 18.3. The first-order valence-electron chi connectivity index (χ1n) is 9.24. The summed E-state index contributed by atoms with van der Waals surface area (Å²) in [7, 11) is 0. The van der Waals surface area contributed by atoms with Crippen LogP contribution in [0.5, 0.6) is 5.75 Å². The molecule has 1 fully saturated rings. The number of carbonyl (C=O) groups excluding carboxylic acids is 2. The Balaban J connectivity index is 1.45. The Morgan fingerprint density at radius 3 is 2.57 bits per heavy atom. The molecule has 1 aliphatic rings. The van der Waals surface area contributed by atoms with Crippen LogP contribution in [0.4, 0.5) is 4.39 Å². The number of piperidine rings is 1. The molecule has 2 aromatic rings. The number of nitrogens with one attached hydrogen (secondary N) is 1. The van der Waals surface area contributed by atoms with Crippen LogP contribution in [0.2, 0.25) is 5.02 Å². The molecule has 2 amide bonds. The van der Waals surface area contributed by atoms with Crippen molar-refractivity contribution in [3.05, 3.63) is 64.9 Å². The lowest BCUT2D eigenvalue weighted by molar-refractivity contribution is -0.126. The molecule has 1 unspecified atom stereocenters. The minimum absolute atomic E-state index is 0.0867. The van der Waals surface area contributed by atoms with Gasteiger partial charge < -0.3 is 15.0 Å². The summed E-state index contributed by atoms with van der Waals surface area (Å²) in [5.41, 5.74) is 0.568. The van der Waals surface area contributed by atoms with E-state index >= 15 is 0 Å². The second-order valence-corrected chi connectivity index (χ2v) is 7.13. The van der Waals surface area contributed by atoms with Crippen molar-refractivity contribution in [1.29, 1.82) is 0 Å². The lowest BCUT2D eigenvalue weighted by Crippen LogP contribution is -2.46. The first-order chi connectivity index (χ1) is 13.5. The minimum Gasteiger partial charge on any atom is -0.492 e. The fourth-order valence-electron chi connectivity index (χ4n) is 3.17. The van der Waals surface area contributed by atoms with Crippen LogP contribution in [-0.4, -0.2) is 43.0 Å². The molecule has 0 spiro atoms. The van der Waals surface area contributed by atoms with E-state index in [1.54, 1.807) is 41.3 Å². The van der Waals surface area contributed by atoms with E-state index in [9.17, 15) is 14.0 Å². The Bertz CT molecular complexity index is 811. The van der Waals surface area contributed by atoms with Crippen LogP contribution in [0.3, 0.4) is 0 Å². The summed E-state index contributed by atoms with van der Waals surface area (Å²) in [6, 6.07) is 12.5. The first-order valence-corrected chi connectivity index (χ1v) is 9.61. The fourth-order valence-corrected chi connectivity index (χ4v) is 3.29. The zero-order valence-corrected chi connectivity index (χ0v) is 16.1. The van der Waals surface area contributed by atoms with Crippen molar-refractivity contribution in [2.75, 3.05) is 26.2 Å². The van der Waals surface area contributed by atoms with Crippen molar-refractivity contribution in [2.24, 2.45) is 5.92 Å². The Morgan fingerprint density at radius 1 is 1.14 bits per heavy atom. The van der Waals surface area contributed by atoms with Crippen LogP contribution in [0.15, 0.2) is 48.5 Å². The highest BCUT2D eigenvalue weighted by molar-refractivity contribution is 6.30. The van der Waals surface area contributed by atoms with Gasteiger partial charge in [-0.15, -0.1) is 0 Å². The van der Waals surface area contributed by atoms with Crippen LogP contribution < -0.4 is 10.1 Å². The van der Waals surface area contributed by atoms with E-state index in [2.05, 4.69) is 5.32 Å². The molecular formula is C21H22ClFN2O3. The highest BCUT2D eigenvalue weighted by Crippen LogP contribution is 2.20. The normalized spacial score (nSPS) is 16.5. The van der Waals surface area contributed by atoms with Crippen molar-refractivity contribution in [2.45, 2.75) is 12.8 Å². The van der Waals surface area contributed by atoms with Crippen molar-refractivity contribution in [3.63, 3.8) is 0 Å². The third-order valence-electron chi connectivity index (χ3n) is 4.65. The average molecular weight is 405 g/mol. The molecule has 7 heteroatoms. The summed E-state index contributed by atoms with van der Waals surface area (Å²) in [4.78, 5) is 26.8. The number of hydrogen-bond donors (Lipinski definition) is 1. The number of carbonyl (C=O) groups is 2. The van der Waals surface area contributed by atoms with Crippen LogP contribution >= 0.6 is 11.6 Å². The number of likely N-dealkylation sites (tertiary alicyclic amines) is 1. The Kier molecular flexibility index (Phi) is 6.87. The van der Waals surface area contributed by atoms with Gasteiger partial charge in [0.1, 0.15) is 18.2 Å². The zero-order chi connectivity index (χ0) is 19.9. The second-order valence-electron chi connectivity index (χ2n) is 6.69. The maximum Gasteiger partial charge on any atom is 0.253 e. The third kappa shape index (κ3) is 5.45. The number of nitrogens with zero attached hydrogens (tertiary/aromatic N) is 1. The number of benzene rings is 2. The number of rotatable bonds is 6. The Labute approximate surface area is 168 Å². The summed E-state index contributed by atoms with van der Waals surface area (Å²) in [5.74, 6) is -0.190. The van der Waals surface area contributed by atoms with Crippen molar-refractivity contribution < 1.29 is 18.7 Å². The van der Waals surface area contributed by atoms with Gasteiger partial charge in [0.15, 0.2) is 0 Å². The molecule has 0 radical (unpaired) electrons. The van der Waals surface area contributed by atoms with E-state index in [1.165, 1.54) is 12.1 Å². The molecule has 148 valence electrons. The number of hydrogen-bond acceptors (Lipinski definition) is 3. The Hall–Kier alpha value is -2.60. The van der Waals surface area contributed by atoms with Gasteiger partial charge in [0.05, 0.1) is 12.5 Å². The summed E-state index contributed by atoms with van der Waals surface area (Å²) >= 11 is 5.87. The predicted molar refractivity (Wildman–Crippen MR) is 105 cm³/mol. The number of halogens is 2. The van der Waals surface area contributed by atoms with E-state index in [1.807, 2.05) is 0 Å². The number of amides is 2. The fraction of sp³-hybridized carbons (Fsp3) is 0.333. The highest BCUT2D eigenvalue weighted by Gasteiger charge is 2.28. The molecule has 1 heterocycles. The minimum atomic E-state index is -0.323. The van der Waals surface area contributed by atoms with E-state index < -0.39 is 0 Å². The zero-order valence-electron chi connectivity index (χ0n) is 15.4. The van der Waals surface area contributed by atoms with E-state index in [0.29, 0.717) is 36.0 Å². The highest BCUT2D eigenvalue weighted by atomic mass is 35.5. The van der Waals surface area contributed by atoms with Crippen LogP contribution in [-0.2, 0) is 4.79 Å². The number of ether oxygens (including phenoxy) is 1. The monoisotopic (exact) mass is 404 g/mol. The van der Waals surface area contributed by atoms with Crippen LogP contribution in [0, 0.1) is 11.7 Å². The molecule has 0 bridgehead atoms. The molecule has 2 aromatic carbocycles. The molecule has 0 aliphatic carbocycles. The molecule has 0 aromatic heterocycles. The van der Waals surface area contributed by atoms with Crippen LogP contribution in [0.25, 0.3) is 0 Å². The molecule has 28 heavy (non-hydrogen) atoms. The molecule has 3 rings (SSSR count). The maximum absolute atomic E-state index is 12.9. The van der Waals surface area contributed by atoms with Gasteiger partial charge >= 0.3 is 0 Å². The second kappa shape index (κ2) is 9.55. The van der Waals surface area contributed by atoms with E-state index in [4.69, 9.17) is 16.3 Å². The van der Waals surface area contributed by atoms with Gasteiger partial charge in [0.25, 0.3) is 5.91 Å². The van der Waals surface area contributed by atoms with Crippen molar-refractivity contribution >= 4 is 23.4 Å². The van der Waals surface area contributed by atoms with E-state index in [-0.39, 0.29) is 30.2 Å². The van der Waals surface area contributed by atoms with Gasteiger partial charge in [-0.1, -0.05) is 11.6 Å². The quantitative estimate of drug-likeness (QED) is 0.749. The van der Waals surface area contributed by atoms with Gasteiger partial charge in [-0.25, -0.2) is 4.39 Å². The third-order valence-corrected chi connectivity index (χ3v) is 4.91. The van der Waals surface area contributed by atoms with Gasteiger partial charge in [-0.3, -0.25) is 9.59 Å². The van der Waals surface area contributed by atoms with Gasteiger partial charge in [-0.05, 0) is 61.4 Å². The molecule has 1 aliphatic heterocycles. The summed E-state index contributed by atoms with van der Waals surface area (Å²) in [6.45, 7) is 1.67. The standard InChI is InChI=1S/C21H22ClFN2O3/c22-17-5-3-15(4-6-17)21(27)25-12-1-2-16(14-25)20(26)24-11-13-28-19-9-7-18(23)8-10-19/h3-10,16H,1-2,11-14H2,(H,24,26). The van der Waals surface area contributed by atoms with E-state index in [0.717, 1.165) is 12.8 Å². The lowest BCUT2D eigenvalue weighted by Gasteiger charge is -2.32. The van der Waals surface area contributed by atoms with Gasteiger partial charge in [0.2, 0.25) is 5.91 Å². The average Bonchev–Trinajstić information content (AvgIpc) is 2.72. The van der Waals surface area contributed by atoms with Gasteiger partial charge in [0, 0.05) is 23.7 Å². The first kappa shape index (κ1) is 20.1. The molecule has 1 saturated heterocycles. The van der Waals surface area contributed by atoms with Crippen molar-refractivity contribution in [3.8, 4) is 5.75 Å².